The van der Waals surface area contributed by atoms with Crippen LogP contribution in [0.1, 0.15) is 24.4 Å². The van der Waals surface area contributed by atoms with Gasteiger partial charge >= 0.3 is 0 Å². The van der Waals surface area contributed by atoms with Crippen LogP contribution in [0.4, 0.5) is 4.39 Å². The normalized spacial score (nSPS) is 12.0. The molecule has 1 aromatic rings. The first-order valence-electron chi connectivity index (χ1n) is 4.55. The number of hydrogen-bond acceptors (Lipinski definition) is 2. The number of rotatable bonds is 4. The Hall–Kier alpha value is -0.350. The molecule has 0 saturated heterocycles. The van der Waals surface area contributed by atoms with Crippen LogP contribution in [0.5, 0.6) is 0 Å². The van der Waals surface area contributed by atoms with Gasteiger partial charge in [-0.2, -0.15) is 0 Å². The van der Waals surface area contributed by atoms with Crippen molar-refractivity contribution in [2.75, 3.05) is 6.54 Å². The summed E-state index contributed by atoms with van der Waals surface area (Å²) in [6.07, 6.45) is 1.57. The number of hydrogen-bond donors (Lipinski definition) is 2. The second-order valence-corrected chi connectivity index (χ2v) is 3.68. The highest BCUT2D eigenvalue weighted by Crippen LogP contribution is 2.21. The average Bonchev–Trinajstić information content (AvgIpc) is 2.12. The van der Waals surface area contributed by atoms with Gasteiger partial charge < -0.3 is 11.5 Å². The van der Waals surface area contributed by atoms with Crippen molar-refractivity contribution in [3.8, 4) is 0 Å². The van der Waals surface area contributed by atoms with E-state index in [0.717, 1.165) is 18.4 Å². The van der Waals surface area contributed by atoms with Crippen LogP contribution in [0.15, 0.2) is 18.2 Å². The lowest BCUT2D eigenvalue weighted by Crippen LogP contribution is -2.12. The molecule has 0 aliphatic carbocycles. The summed E-state index contributed by atoms with van der Waals surface area (Å²) in [6.45, 7) is 0.594. The molecule has 1 rings (SSSR count). The van der Waals surface area contributed by atoms with Crippen LogP contribution in [0.3, 0.4) is 0 Å². The summed E-state index contributed by atoms with van der Waals surface area (Å²) in [6, 6.07) is 4.17. The van der Waals surface area contributed by atoms with Crippen molar-refractivity contribution in [2.45, 2.75) is 18.9 Å². The van der Waals surface area contributed by atoms with Gasteiger partial charge in [-0.1, -0.05) is 11.6 Å². The quantitative estimate of drug-likeness (QED) is 0.866. The van der Waals surface area contributed by atoms with Crippen molar-refractivity contribution in [3.63, 3.8) is 0 Å². The molecule has 15 heavy (non-hydrogen) atoms. The molecular weight excluding hydrogens is 238 g/mol. The maximum absolute atomic E-state index is 12.9. The second-order valence-electron chi connectivity index (χ2n) is 3.24. The molecule has 0 aromatic heterocycles. The van der Waals surface area contributed by atoms with Gasteiger partial charge in [-0.3, -0.25) is 0 Å². The lowest BCUT2D eigenvalue weighted by Gasteiger charge is -2.11. The van der Waals surface area contributed by atoms with E-state index in [-0.39, 0.29) is 24.3 Å². The third kappa shape index (κ3) is 4.80. The SMILES string of the molecule is Cl.NCCC[C@H](N)c1cc(F)cc(Cl)c1. The van der Waals surface area contributed by atoms with Gasteiger partial charge in [0.15, 0.2) is 0 Å². The first-order chi connectivity index (χ1) is 6.63. The summed E-state index contributed by atoms with van der Waals surface area (Å²) < 4.78 is 12.9. The molecule has 4 N–H and O–H groups in total. The molecule has 0 amide bonds. The molecule has 0 unspecified atom stereocenters. The van der Waals surface area contributed by atoms with Crippen LogP contribution in [0.25, 0.3) is 0 Å². The van der Waals surface area contributed by atoms with Gasteiger partial charge in [-0.05, 0) is 43.1 Å². The third-order valence-electron chi connectivity index (χ3n) is 2.03. The van der Waals surface area contributed by atoms with E-state index < -0.39 is 0 Å². The van der Waals surface area contributed by atoms with E-state index in [0.29, 0.717) is 11.6 Å². The molecule has 0 fully saturated rings. The summed E-state index contributed by atoms with van der Waals surface area (Å²) >= 11 is 5.71. The maximum atomic E-state index is 12.9. The number of halogens is 3. The molecule has 5 heteroatoms. The zero-order valence-electron chi connectivity index (χ0n) is 8.25. The van der Waals surface area contributed by atoms with Gasteiger partial charge in [0.1, 0.15) is 5.82 Å². The molecule has 2 nitrogen and oxygen atoms in total. The minimum atomic E-state index is -0.351. The highest BCUT2D eigenvalue weighted by atomic mass is 35.5. The van der Waals surface area contributed by atoms with Crippen molar-refractivity contribution in [1.82, 2.24) is 0 Å². The minimum absolute atomic E-state index is 0. The maximum Gasteiger partial charge on any atom is 0.125 e. The van der Waals surface area contributed by atoms with E-state index in [2.05, 4.69) is 0 Å². The molecular formula is C10H15Cl2FN2. The van der Waals surface area contributed by atoms with Gasteiger partial charge in [0.25, 0.3) is 0 Å². The lowest BCUT2D eigenvalue weighted by molar-refractivity contribution is 0.597. The van der Waals surface area contributed by atoms with Crippen molar-refractivity contribution >= 4 is 24.0 Å². The highest BCUT2D eigenvalue weighted by Gasteiger charge is 2.07. The molecule has 0 aliphatic rings. The van der Waals surface area contributed by atoms with Crippen LogP contribution in [0.2, 0.25) is 5.02 Å². The smallest absolute Gasteiger partial charge is 0.125 e. The fraction of sp³-hybridized carbons (Fsp3) is 0.400. The third-order valence-corrected chi connectivity index (χ3v) is 2.25. The summed E-state index contributed by atoms with van der Waals surface area (Å²) in [4.78, 5) is 0. The Bertz CT molecular complexity index is 287. The van der Waals surface area contributed by atoms with Crippen LogP contribution in [-0.2, 0) is 0 Å². The molecule has 0 saturated carbocycles. The largest absolute Gasteiger partial charge is 0.330 e. The van der Waals surface area contributed by atoms with Crippen molar-refractivity contribution in [3.05, 3.63) is 34.6 Å². The summed E-state index contributed by atoms with van der Waals surface area (Å²) in [5.74, 6) is -0.351. The van der Waals surface area contributed by atoms with Crippen molar-refractivity contribution in [1.29, 1.82) is 0 Å². The van der Waals surface area contributed by atoms with Gasteiger partial charge in [0, 0.05) is 11.1 Å². The first-order valence-corrected chi connectivity index (χ1v) is 4.93. The molecule has 0 spiro atoms. The molecule has 86 valence electrons. The standard InChI is InChI=1S/C10H14ClFN2.ClH/c11-8-4-7(5-9(12)6-8)10(14)2-1-3-13;/h4-6,10H,1-3,13-14H2;1H/t10-;/m0./s1. The zero-order valence-corrected chi connectivity index (χ0v) is 9.82. The predicted octanol–water partition coefficient (Wildman–Crippen LogP) is 2.64. The lowest BCUT2D eigenvalue weighted by atomic mass is 10.0. The molecule has 0 aliphatic heterocycles. The van der Waals surface area contributed by atoms with Crippen LogP contribution >= 0.6 is 24.0 Å². The topological polar surface area (TPSA) is 52.0 Å². The number of benzene rings is 1. The first kappa shape index (κ1) is 14.6. The summed E-state index contributed by atoms with van der Waals surface area (Å²) in [5, 5.41) is 0.378. The van der Waals surface area contributed by atoms with Gasteiger partial charge in [-0.15, -0.1) is 12.4 Å². The van der Waals surface area contributed by atoms with Crippen molar-refractivity contribution < 1.29 is 4.39 Å². The molecule has 0 bridgehead atoms. The number of nitrogens with two attached hydrogens (primary N) is 2. The average molecular weight is 253 g/mol. The van der Waals surface area contributed by atoms with E-state index >= 15 is 0 Å². The Morgan fingerprint density at radius 2 is 2.00 bits per heavy atom. The minimum Gasteiger partial charge on any atom is -0.330 e. The van der Waals surface area contributed by atoms with E-state index in [1.54, 1.807) is 6.07 Å². The summed E-state index contributed by atoms with van der Waals surface area (Å²) in [7, 11) is 0. The predicted molar refractivity (Wildman–Crippen MR) is 63.9 cm³/mol. The zero-order chi connectivity index (χ0) is 10.6. The van der Waals surface area contributed by atoms with Gasteiger partial charge in [0.2, 0.25) is 0 Å². The highest BCUT2D eigenvalue weighted by molar-refractivity contribution is 6.30. The van der Waals surface area contributed by atoms with Crippen LogP contribution < -0.4 is 11.5 Å². The molecule has 1 aromatic carbocycles. The fourth-order valence-corrected chi connectivity index (χ4v) is 1.52. The Labute approximate surface area is 100 Å². The molecule has 0 radical (unpaired) electrons. The Kier molecular flexibility index (Phi) is 6.85. The monoisotopic (exact) mass is 252 g/mol. The van der Waals surface area contributed by atoms with Gasteiger partial charge in [-0.25, -0.2) is 4.39 Å². The fourth-order valence-electron chi connectivity index (χ4n) is 1.29. The Morgan fingerprint density at radius 1 is 1.33 bits per heavy atom. The van der Waals surface area contributed by atoms with E-state index in [1.807, 2.05) is 0 Å². The Morgan fingerprint density at radius 3 is 2.53 bits per heavy atom. The second kappa shape index (κ2) is 7.01. The van der Waals surface area contributed by atoms with E-state index in [4.69, 9.17) is 23.1 Å². The summed E-state index contributed by atoms with van der Waals surface area (Å²) in [5.41, 5.74) is 11.9. The van der Waals surface area contributed by atoms with Crippen molar-refractivity contribution in [2.24, 2.45) is 11.5 Å². The molecule has 1 atom stereocenters. The molecule has 0 heterocycles. The Balaban J connectivity index is 0.00000196. The van der Waals surface area contributed by atoms with Crippen LogP contribution in [-0.4, -0.2) is 6.54 Å². The van der Waals surface area contributed by atoms with E-state index in [1.165, 1.54) is 12.1 Å². The van der Waals surface area contributed by atoms with E-state index in [9.17, 15) is 4.39 Å². The van der Waals surface area contributed by atoms with Gasteiger partial charge in [0.05, 0.1) is 0 Å². The van der Waals surface area contributed by atoms with Crippen LogP contribution in [0, 0.1) is 5.82 Å².